The van der Waals surface area contributed by atoms with Crippen LogP contribution in [0, 0.1) is 5.92 Å². The molecule has 0 atom stereocenters. The van der Waals surface area contributed by atoms with Gasteiger partial charge in [-0.05, 0) is 24.3 Å². The van der Waals surface area contributed by atoms with Crippen molar-refractivity contribution in [2.24, 2.45) is 10.9 Å². The number of allylic oxidation sites excluding steroid dienone is 1. The second-order valence-corrected chi connectivity index (χ2v) is 2.17. The largest absolute Gasteiger partial charge is 0.246 e. The third-order valence-corrected chi connectivity index (χ3v) is 1.15. The van der Waals surface area contributed by atoms with E-state index in [4.69, 9.17) is 0 Å². The summed E-state index contributed by atoms with van der Waals surface area (Å²) in [5.74, 6) is 3.47. The monoisotopic (exact) mass is 111 g/mol. The quantitative estimate of drug-likeness (QED) is 0.458. The Bertz CT molecular complexity index is 116. The van der Waals surface area contributed by atoms with E-state index in [1.807, 2.05) is 6.92 Å². The van der Waals surface area contributed by atoms with Crippen LogP contribution in [0.25, 0.3) is 0 Å². The van der Waals surface area contributed by atoms with Crippen molar-refractivity contribution in [3.05, 3.63) is 5.57 Å². The van der Waals surface area contributed by atoms with Crippen LogP contribution in [-0.2, 0) is 0 Å². The Kier molecular flexibility index (Phi) is 3.21. The Balaban J connectivity index is 4.01. The van der Waals surface area contributed by atoms with Gasteiger partial charge in [0, 0.05) is 7.05 Å². The Morgan fingerprint density at radius 3 is 2.12 bits per heavy atom. The normalized spacial score (nSPS) is 8.62. The Hall–Kier alpha value is -0.550. The van der Waals surface area contributed by atoms with Crippen LogP contribution in [0.1, 0.15) is 20.8 Å². The molecule has 0 fully saturated rings. The molecule has 0 saturated heterocycles. The van der Waals surface area contributed by atoms with Crippen LogP contribution in [0.3, 0.4) is 0 Å². The van der Waals surface area contributed by atoms with E-state index in [0.717, 1.165) is 0 Å². The highest BCUT2D eigenvalue weighted by atomic mass is 14.6. The molecule has 0 aromatic rings. The highest BCUT2D eigenvalue weighted by molar-refractivity contribution is 5.57. The molecule has 0 heterocycles. The molecule has 0 rings (SSSR count). The lowest BCUT2D eigenvalue weighted by Gasteiger charge is -1.96. The van der Waals surface area contributed by atoms with E-state index in [-0.39, 0.29) is 0 Å². The van der Waals surface area contributed by atoms with Gasteiger partial charge in [0.1, 0.15) is 0 Å². The molecular weight excluding hydrogens is 98.1 g/mol. The van der Waals surface area contributed by atoms with Gasteiger partial charge in [0.15, 0.2) is 0 Å². The van der Waals surface area contributed by atoms with Gasteiger partial charge in [-0.1, -0.05) is 13.8 Å². The van der Waals surface area contributed by atoms with Crippen LogP contribution < -0.4 is 0 Å². The van der Waals surface area contributed by atoms with Gasteiger partial charge in [0.05, 0.1) is 0 Å². The number of aliphatic imine (C=N–C) groups is 1. The van der Waals surface area contributed by atoms with E-state index in [9.17, 15) is 0 Å². The fraction of sp³-hybridized carbons (Fsp3) is 0.714. The van der Waals surface area contributed by atoms with Gasteiger partial charge in [-0.3, -0.25) is 0 Å². The third-order valence-electron chi connectivity index (χ3n) is 1.15. The smallest absolute Gasteiger partial charge is 0.0372 e. The highest BCUT2D eigenvalue weighted by Crippen LogP contribution is 2.01. The number of hydrogen-bond acceptors (Lipinski definition) is 1. The molecule has 0 N–H and O–H groups in total. The van der Waals surface area contributed by atoms with Gasteiger partial charge in [0.2, 0.25) is 0 Å². The topological polar surface area (TPSA) is 12.4 Å². The maximum atomic E-state index is 3.77. The third kappa shape index (κ3) is 2.59. The van der Waals surface area contributed by atoms with Crippen LogP contribution in [-0.4, -0.2) is 12.9 Å². The molecule has 0 aliphatic carbocycles. The summed E-state index contributed by atoms with van der Waals surface area (Å²) >= 11 is 0. The first-order valence-electron chi connectivity index (χ1n) is 2.86. The average molecular weight is 111 g/mol. The average Bonchev–Trinajstić information content (AvgIpc) is 1.67. The standard InChI is InChI=1S/C7H13N/c1-6(2)7(3)5-8-4/h6H,1-4H3. The van der Waals surface area contributed by atoms with E-state index < -0.39 is 0 Å². The summed E-state index contributed by atoms with van der Waals surface area (Å²) in [5, 5.41) is 0. The van der Waals surface area contributed by atoms with E-state index in [1.165, 1.54) is 5.57 Å². The molecule has 0 unspecified atom stereocenters. The second-order valence-electron chi connectivity index (χ2n) is 2.17. The van der Waals surface area contributed by atoms with Gasteiger partial charge in [0.25, 0.3) is 0 Å². The van der Waals surface area contributed by atoms with Crippen molar-refractivity contribution < 1.29 is 0 Å². The van der Waals surface area contributed by atoms with Crippen molar-refractivity contribution in [2.75, 3.05) is 7.05 Å². The molecule has 0 radical (unpaired) electrons. The van der Waals surface area contributed by atoms with E-state index in [0.29, 0.717) is 5.92 Å². The summed E-state index contributed by atoms with van der Waals surface area (Å²) in [5.41, 5.74) is 1.22. The molecule has 0 spiro atoms. The highest BCUT2D eigenvalue weighted by Gasteiger charge is 1.91. The molecule has 0 saturated carbocycles. The first kappa shape index (κ1) is 7.45. The molecule has 0 aliphatic rings. The Morgan fingerprint density at radius 2 is 2.00 bits per heavy atom. The van der Waals surface area contributed by atoms with E-state index in [1.54, 1.807) is 7.05 Å². The van der Waals surface area contributed by atoms with Crippen LogP contribution >= 0.6 is 0 Å². The molecule has 0 aromatic carbocycles. The Labute approximate surface area is 51.1 Å². The van der Waals surface area contributed by atoms with E-state index in [2.05, 4.69) is 24.7 Å². The first-order chi connectivity index (χ1) is 3.68. The zero-order valence-corrected chi connectivity index (χ0v) is 6.02. The SMILES string of the molecule is CN=C=C(C)C(C)C. The summed E-state index contributed by atoms with van der Waals surface area (Å²) in [7, 11) is 1.74. The minimum absolute atomic E-state index is 0.582. The van der Waals surface area contributed by atoms with Gasteiger partial charge in [-0.2, -0.15) is 0 Å². The summed E-state index contributed by atoms with van der Waals surface area (Å²) in [6.45, 7) is 6.30. The maximum absolute atomic E-state index is 3.77. The minimum Gasteiger partial charge on any atom is -0.246 e. The summed E-state index contributed by atoms with van der Waals surface area (Å²) in [6.07, 6.45) is 0. The lowest BCUT2D eigenvalue weighted by molar-refractivity contribution is 0.780. The van der Waals surface area contributed by atoms with Crippen molar-refractivity contribution in [3.8, 4) is 0 Å². The predicted octanol–water partition coefficient (Wildman–Crippen LogP) is 1.89. The zero-order valence-electron chi connectivity index (χ0n) is 6.02. The molecule has 0 aromatic heterocycles. The number of hydrogen-bond donors (Lipinski definition) is 0. The minimum atomic E-state index is 0.582. The molecule has 0 amide bonds. The van der Waals surface area contributed by atoms with E-state index >= 15 is 0 Å². The number of nitrogens with zero attached hydrogens (tertiary/aromatic N) is 1. The lowest BCUT2D eigenvalue weighted by Crippen LogP contribution is -1.87. The molecule has 1 heteroatoms. The van der Waals surface area contributed by atoms with Crippen molar-refractivity contribution >= 4 is 5.87 Å². The van der Waals surface area contributed by atoms with Gasteiger partial charge >= 0.3 is 0 Å². The van der Waals surface area contributed by atoms with Gasteiger partial charge < -0.3 is 0 Å². The van der Waals surface area contributed by atoms with Crippen molar-refractivity contribution in [1.29, 1.82) is 0 Å². The fourth-order valence-electron chi connectivity index (χ4n) is 0.305. The molecule has 46 valence electrons. The van der Waals surface area contributed by atoms with Gasteiger partial charge in [-0.25, -0.2) is 4.99 Å². The van der Waals surface area contributed by atoms with Gasteiger partial charge in [-0.15, -0.1) is 0 Å². The summed E-state index contributed by atoms with van der Waals surface area (Å²) in [6, 6.07) is 0. The molecular formula is C7H13N. The number of rotatable bonds is 1. The first-order valence-corrected chi connectivity index (χ1v) is 2.86. The zero-order chi connectivity index (χ0) is 6.57. The Morgan fingerprint density at radius 1 is 1.50 bits per heavy atom. The van der Waals surface area contributed by atoms with Crippen molar-refractivity contribution in [2.45, 2.75) is 20.8 Å². The van der Waals surface area contributed by atoms with Crippen molar-refractivity contribution in [1.82, 2.24) is 0 Å². The second kappa shape index (κ2) is 3.45. The van der Waals surface area contributed by atoms with Crippen LogP contribution in [0.4, 0.5) is 0 Å². The lowest BCUT2D eigenvalue weighted by atomic mass is 10.1. The summed E-state index contributed by atoms with van der Waals surface area (Å²) in [4.78, 5) is 3.77. The van der Waals surface area contributed by atoms with Crippen LogP contribution in [0.5, 0.6) is 0 Å². The predicted molar refractivity (Wildman–Crippen MR) is 37.4 cm³/mol. The molecule has 0 bridgehead atoms. The van der Waals surface area contributed by atoms with Crippen LogP contribution in [0.2, 0.25) is 0 Å². The molecule has 0 aliphatic heterocycles. The van der Waals surface area contributed by atoms with Crippen molar-refractivity contribution in [3.63, 3.8) is 0 Å². The molecule has 8 heavy (non-hydrogen) atoms. The van der Waals surface area contributed by atoms with Crippen LogP contribution in [0.15, 0.2) is 10.6 Å². The molecule has 1 nitrogen and oxygen atoms in total. The maximum Gasteiger partial charge on any atom is 0.0372 e. The summed E-state index contributed by atoms with van der Waals surface area (Å²) < 4.78 is 0. The fourth-order valence-corrected chi connectivity index (χ4v) is 0.305.